The Hall–Kier alpha value is -1.28. The number of hydrogen-bond donors (Lipinski definition) is 1. The first-order valence-corrected chi connectivity index (χ1v) is 6.08. The average Bonchev–Trinajstić information content (AvgIpc) is 2.29. The summed E-state index contributed by atoms with van der Waals surface area (Å²) in [5.41, 5.74) is 0.543. The van der Waals surface area contributed by atoms with Crippen molar-refractivity contribution < 1.29 is 0 Å². The van der Waals surface area contributed by atoms with Crippen LogP contribution < -0.4 is 5.32 Å². The van der Waals surface area contributed by atoms with E-state index in [9.17, 15) is 0 Å². The van der Waals surface area contributed by atoms with Crippen LogP contribution in [-0.2, 0) is 0 Å². The molecule has 0 radical (unpaired) electrons. The lowest BCUT2D eigenvalue weighted by molar-refractivity contribution is 0.828. The predicted molar refractivity (Wildman–Crippen MR) is 61.9 cm³/mol. The van der Waals surface area contributed by atoms with Gasteiger partial charge in [-0.3, -0.25) is 0 Å². The third kappa shape index (κ3) is 3.10. The van der Waals surface area contributed by atoms with Gasteiger partial charge in [0.25, 0.3) is 0 Å². The van der Waals surface area contributed by atoms with E-state index < -0.39 is 0 Å². The molecule has 0 amide bonds. The van der Waals surface area contributed by atoms with Crippen molar-refractivity contribution in [2.24, 2.45) is 0 Å². The lowest BCUT2D eigenvalue weighted by atomic mass is 10.3. The predicted octanol–water partition coefficient (Wildman–Crippen LogP) is 2.28. The first-order chi connectivity index (χ1) is 7.33. The van der Waals surface area contributed by atoms with Crippen LogP contribution in [0.3, 0.4) is 0 Å². The topological polar surface area (TPSA) is 61.6 Å². The molecule has 0 aliphatic rings. The molecule has 0 aliphatic heterocycles. The fraction of sp³-hybridized carbons (Fsp3) is 0.500. The smallest absolute Gasteiger partial charge is 0.148 e. The van der Waals surface area contributed by atoms with Crippen molar-refractivity contribution in [1.82, 2.24) is 9.97 Å². The first kappa shape index (κ1) is 11.8. The van der Waals surface area contributed by atoms with Gasteiger partial charge in [0.15, 0.2) is 0 Å². The summed E-state index contributed by atoms with van der Waals surface area (Å²) in [4.78, 5) is 8.12. The maximum atomic E-state index is 9.00. The SMILES string of the molecule is CCCCNc1ncnc(SC)c1C#N. The van der Waals surface area contributed by atoms with E-state index in [4.69, 9.17) is 5.26 Å². The summed E-state index contributed by atoms with van der Waals surface area (Å²) in [6.07, 6.45) is 5.58. The first-order valence-electron chi connectivity index (χ1n) is 4.86. The lowest BCUT2D eigenvalue weighted by Gasteiger charge is -2.07. The fourth-order valence-electron chi connectivity index (χ4n) is 1.14. The average molecular weight is 222 g/mol. The second-order valence-corrected chi connectivity index (χ2v) is 3.79. The molecule has 5 heteroatoms. The maximum Gasteiger partial charge on any atom is 0.148 e. The monoisotopic (exact) mass is 222 g/mol. The fourth-order valence-corrected chi connectivity index (χ4v) is 1.64. The van der Waals surface area contributed by atoms with Crippen molar-refractivity contribution in [2.45, 2.75) is 24.8 Å². The zero-order chi connectivity index (χ0) is 11.1. The molecule has 1 N–H and O–H groups in total. The van der Waals surface area contributed by atoms with Gasteiger partial charge in [-0.05, 0) is 12.7 Å². The van der Waals surface area contributed by atoms with Crippen molar-refractivity contribution in [2.75, 3.05) is 18.1 Å². The Morgan fingerprint density at radius 2 is 2.33 bits per heavy atom. The van der Waals surface area contributed by atoms with Gasteiger partial charge in [0.1, 0.15) is 28.8 Å². The summed E-state index contributed by atoms with van der Waals surface area (Å²) >= 11 is 1.46. The van der Waals surface area contributed by atoms with Crippen LogP contribution in [0.1, 0.15) is 25.3 Å². The number of nitrogens with one attached hydrogen (secondary N) is 1. The van der Waals surface area contributed by atoms with Crippen LogP contribution in [0.5, 0.6) is 0 Å². The van der Waals surface area contributed by atoms with Crippen LogP contribution in [0.25, 0.3) is 0 Å². The van der Waals surface area contributed by atoms with E-state index in [1.54, 1.807) is 0 Å². The standard InChI is InChI=1S/C10H14N4S/c1-3-4-5-12-9-8(6-11)10(15-2)14-7-13-9/h7H,3-5H2,1-2H3,(H,12,13,14). The molecule has 1 aromatic heterocycles. The van der Waals surface area contributed by atoms with E-state index >= 15 is 0 Å². The van der Waals surface area contributed by atoms with E-state index in [0.717, 1.165) is 24.4 Å². The third-order valence-corrected chi connectivity index (χ3v) is 2.64. The van der Waals surface area contributed by atoms with Gasteiger partial charge in [-0.25, -0.2) is 9.97 Å². The number of anilines is 1. The summed E-state index contributed by atoms with van der Waals surface area (Å²) in [6.45, 7) is 2.97. The Bertz CT molecular complexity index is 359. The molecule has 1 aromatic rings. The van der Waals surface area contributed by atoms with E-state index in [2.05, 4.69) is 28.3 Å². The number of thioether (sulfide) groups is 1. The minimum Gasteiger partial charge on any atom is -0.369 e. The third-order valence-electron chi connectivity index (χ3n) is 1.94. The van der Waals surface area contributed by atoms with Crippen LogP contribution in [0, 0.1) is 11.3 Å². The Kier molecular flexibility index (Phi) is 4.91. The highest BCUT2D eigenvalue weighted by molar-refractivity contribution is 7.98. The Morgan fingerprint density at radius 1 is 1.53 bits per heavy atom. The molecular weight excluding hydrogens is 208 g/mol. The molecule has 0 saturated heterocycles. The molecule has 0 aliphatic carbocycles. The number of unbranched alkanes of at least 4 members (excludes halogenated alkanes) is 1. The number of hydrogen-bond acceptors (Lipinski definition) is 5. The number of nitrogens with zero attached hydrogens (tertiary/aromatic N) is 3. The van der Waals surface area contributed by atoms with Gasteiger partial charge >= 0.3 is 0 Å². The van der Waals surface area contributed by atoms with E-state index in [0.29, 0.717) is 11.4 Å². The number of aromatic nitrogens is 2. The molecule has 0 fully saturated rings. The largest absolute Gasteiger partial charge is 0.369 e. The van der Waals surface area contributed by atoms with Gasteiger partial charge in [-0.15, -0.1) is 11.8 Å². The number of nitriles is 1. The number of rotatable bonds is 5. The minimum atomic E-state index is 0.543. The van der Waals surface area contributed by atoms with Crippen molar-refractivity contribution in [3.05, 3.63) is 11.9 Å². The van der Waals surface area contributed by atoms with Crippen LogP contribution in [0.15, 0.2) is 11.4 Å². The van der Waals surface area contributed by atoms with E-state index in [1.165, 1.54) is 18.1 Å². The van der Waals surface area contributed by atoms with Crippen molar-refractivity contribution >= 4 is 17.6 Å². The van der Waals surface area contributed by atoms with Crippen LogP contribution in [0.4, 0.5) is 5.82 Å². The molecule has 80 valence electrons. The van der Waals surface area contributed by atoms with E-state index in [1.807, 2.05) is 6.26 Å². The zero-order valence-electron chi connectivity index (χ0n) is 8.95. The van der Waals surface area contributed by atoms with E-state index in [-0.39, 0.29) is 0 Å². The van der Waals surface area contributed by atoms with Crippen LogP contribution >= 0.6 is 11.8 Å². The highest BCUT2D eigenvalue weighted by Gasteiger charge is 2.09. The molecule has 0 spiro atoms. The highest BCUT2D eigenvalue weighted by Crippen LogP contribution is 2.21. The van der Waals surface area contributed by atoms with Gasteiger partial charge < -0.3 is 5.32 Å². The Balaban J connectivity index is 2.83. The zero-order valence-corrected chi connectivity index (χ0v) is 9.77. The summed E-state index contributed by atoms with van der Waals surface area (Å²) in [6, 6.07) is 2.13. The van der Waals surface area contributed by atoms with Gasteiger partial charge in [0.2, 0.25) is 0 Å². The summed E-state index contributed by atoms with van der Waals surface area (Å²) < 4.78 is 0. The van der Waals surface area contributed by atoms with Gasteiger partial charge in [0, 0.05) is 6.54 Å². The normalized spacial score (nSPS) is 9.67. The lowest BCUT2D eigenvalue weighted by Crippen LogP contribution is -2.06. The minimum absolute atomic E-state index is 0.543. The maximum absolute atomic E-state index is 9.00. The van der Waals surface area contributed by atoms with Crippen molar-refractivity contribution in [3.8, 4) is 6.07 Å². The second-order valence-electron chi connectivity index (χ2n) is 3.00. The van der Waals surface area contributed by atoms with Gasteiger partial charge in [0.05, 0.1) is 0 Å². The summed E-state index contributed by atoms with van der Waals surface area (Å²) in [5, 5.41) is 12.9. The Labute approximate surface area is 94.1 Å². The molecule has 15 heavy (non-hydrogen) atoms. The molecule has 0 saturated carbocycles. The van der Waals surface area contributed by atoms with Crippen molar-refractivity contribution in [1.29, 1.82) is 5.26 Å². The molecular formula is C10H14N4S. The molecule has 0 atom stereocenters. The highest BCUT2D eigenvalue weighted by atomic mass is 32.2. The Morgan fingerprint density at radius 3 is 2.93 bits per heavy atom. The molecule has 1 heterocycles. The summed E-state index contributed by atoms with van der Waals surface area (Å²) in [5.74, 6) is 0.644. The van der Waals surface area contributed by atoms with Crippen molar-refractivity contribution in [3.63, 3.8) is 0 Å². The van der Waals surface area contributed by atoms with Gasteiger partial charge in [-0.2, -0.15) is 5.26 Å². The molecule has 1 rings (SSSR count). The quantitative estimate of drug-likeness (QED) is 0.470. The molecule has 0 unspecified atom stereocenters. The molecule has 4 nitrogen and oxygen atoms in total. The van der Waals surface area contributed by atoms with Gasteiger partial charge in [-0.1, -0.05) is 13.3 Å². The molecule has 0 bridgehead atoms. The summed E-state index contributed by atoms with van der Waals surface area (Å²) in [7, 11) is 0. The van der Waals surface area contributed by atoms with Crippen LogP contribution in [-0.4, -0.2) is 22.8 Å². The molecule has 0 aromatic carbocycles. The van der Waals surface area contributed by atoms with Crippen LogP contribution in [0.2, 0.25) is 0 Å². The second kappa shape index (κ2) is 6.25.